The van der Waals surface area contributed by atoms with E-state index < -0.39 is 0 Å². The lowest BCUT2D eigenvalue weighted by Gasteiger charge is -2.22. The lowest BCUT2D eigenvalue weighted by Crippen LogP contribution is -2.19. The fraction of sp³-hybridized carbons (Fsp3) is 0.400. The molecule has 0 bridgehead atoms. The zero-order chi connectivity index (χ0) is 13.0. The summed E-state index contributed by atoms with van der Waals surface area (Å²) in [5, 5.41) is 2.19. The number of rotatable bonds is 5. The number of fused-ring (bicyclic) bond motifs is 1. The summed E-state index contributed by atoms with van der Waals surface area (Å²) in [5.41, 5.74) is 8.23. The van der Waals surface area contributed by atoms with Crippen molar-refractivity contribution in [1.29, 1.82) is 0 Å². The average Bonchev–Trinajstić information content (AvgIpc) is 2.39. The van der Waals surface area contributed by atoms with E-state index in [-0.39, 0.29) is 0 Å². The van der Waals surface area contributed by atoms with Gasteiger partial charge in [-0.25, -0.2) is 0 Å². The summed E-state index contributed by atoms with van der Waals surface area (Å²) >= 11 is 0. The summed E-state index contributed by atoms with van der Waals surface area (Å²) in [7, 11) is 2.11. The van der Waals surface area contributed by atoms with Crippen LogP contribution in [0.5, 0.6) is 0 Å². The topological polar surface area (TPSA) is 42.2 Å². The molecule has 96 valence electrons. The van der Waals surface area contributed by atoms with Gasteiger partial charge in [0.05, 0.1) is 11.4 Å². The molecule has 2 rings (SSSR count). The van der Waals surface area contributed by atoms with Gasteiger partial charge in [-0.2, -0.15) is 0 Å². The third kappa shape index (κ3) is 2.55. The van der Waals surface area contributed by atoms with Crippen LogP contribution in [-0.4, -0.2) is 18.6 Å². The van der Waals surface area contributed by atoms with Crippen molar-refractivity contribution in [2.45, 2.75) is 26.2 Å². The average molecular weight is 243 g/mol. The Labute approximate surface area is 109 Å². The van der Waals surface area contributed by atoms with Crippen LogP contribution in [0.2, 0.25) is 0 Å². The predicted octanol–water partition coefficient (Wildman–Crippen LogP) is 3.44. The Kier molecular flexibility index (Phi) is 4.03. The summed E-state index contributed by atoms with van der Waals surface area (Å²) in [6.45, 7) is 3.27. The highest BCUT2D eigenvalue weighted by Gasteiger charge is 2.08. The maximum atomic E-state index is 6.25. The van der Waals surface area contributed by atoms with Gasteiger partial charge in [-0.05, 0) is 18.6 Å². The van der Waals surface area contributed by atoms with Crippen molar-refractivity contribution in [1.82, 2.24) is 4.98 Å². The highest BCUT2D eigenvalue weighted by atomic mass is 15.1. The van der Waals surface area contributed by atoms with E-state index in [1.54, 1.807) is 6.20 Å². The molecule has 18 heavy (non-hydrogen) atoms. The number of nitrogen functional groups attached to an aromatic ring is 1. The van der Waals surface area contributed by atoms with Crippen molar-refractivity contribution in [2.75, 3.05) is 24.2 Å². The van der Waals surface area contributed by atoms with E-state index in [2.05, 4.69) is 36.0 Å². The molecule has 0 aliphatic rings. The minimum Gasteiger partial charge on any atom is -0.397 e. The van der Waals surface area contributed by atoms with Crippen molar-refractivity contribution >= 4 is 22.1 Å². The summed E-state index contributed by atoms with van der Waals surface area (Å²) in [4.78, 5) is 6.36. The van der Waals surface area contributed by atoms with Crippen molar-refractivity contribution in [3.63, 3.8) is 0 Å². The number of pyridine rings is 1. The third-order valence-corrected chi connectivity index (χ3v) is 3.35. The van der Waals surface area contributed by atoms with Crippen LogP contribution in [0.4, 0.5) is 11.4 Å². The molecule has 0 aliphatic heterocycles. The molecule has 3 heteroatoms. The molecule has 1 aromatic carbocycles. The van der Waals surface area contributed by atoms with E-state index in [0.29, 0.717) is 0 Å². The minimum absolute atomic E-state index is 0.855. The number of nitrogens with zero attached hydrogens (tertiary/aromatic N) is 2. The maximum Gasteiger partial charge on any atom is 0.0632 e. The van der Waals surface area contributed by atoms with Crippen molar-refractivity contribution in [3.05, 3.63) is 30.6 Å². The van der Waals surface area contributed by atoms with Gasteiger partial charge in [0.15, 0.2) is 0 Å². The molecule has 0 atom stereocenters. The van der Waals surface area contributed by atoms with Crippen LogP contribution in [0.1, 0.15) is 26.2 Å². The quantitative estimate of drug-likeness (QED) is 0.646. The molecule has 0 saturated heterocycles. The van der Waals surface area contributed by atoms with Gasteiger partial charge in [0.2, 0.25) is 0 Å². The summed E-state index contributed by atoms with van der Waals surface area (Å²) in [6, 6.07) is 6.16. The fourth-order valence-corrected chi connectivity index (χ4v) is 2.23. The van der Waals surface area contributed by atoms with E-state index in [0.717, 1.165) is 28.7 Å². The third-order valence-electron chi connectivity index (χ3n) is 3.35. The molecule has 0 spiro atoms. The summed E-state index contributed by atoms with van der Waals surface area (Å²) in [5.74, 6) is 0. The first-order valence-corrected chi connectivity index (χ1v) is 6.57. The first-order chi connectivity index (χ1) is 8.74. The second-order valence-corrected chi connectivity index (χ2v) is 4.72. The number of aromatic nitrogens is 1. The van der Waals surface area contributed by atoms with E-state index in [9.17, 15) is 0 Å². The van der Waals surface area contributed by atoms with Gasteiger partial charge < -0.3 is 10.6 Å². The van der Waals surface area contributed by atoms with Crippen molar-refractivity contribution < 1.29 is 0 Å². The molecular weight excluding hydrogens is 222 g/mol. The standard InChI is InChI=1S/C15H21N3/c1-3-4-5-10-18(2)14-7-6-12-11-17-9-8-13(12)15(14)16/h6-9,11H,3-5,10,16H2,1-2H3. The first kappa shape index (κ1) is 12.7. The van der Waals surface area contributed by atoms with Gasteiger partial charge in [0.25, 0.3) is 0 Å². The highest BCUT2D eigenvalue weighted by molar-refractivity contribution is 5.98. The molecular formula is C15H21N3. The Morgan fingerprint density at radius 3 is 2.83 bits per heavy atom. The molecule has 0 radical (unpaired) electrons. The van der Waals surface area contributed by atoms with Gasteiger partial charge in [-0.3, -0.25) is 4.98 Å². The Bertz CT molecular complexity index is 522. The monoisotopic (exact) mass is 243 g/mol. The van der Waals surface area contributed by atoms with Crippen molar-refractivity contribution in [2.24, 2.45) is 0 Å². The van der Waals surface area contributed by atoms with Gasteiger partial charge >= 0.3 is 0 Å². The molecule has 0 saturated carbocycles. The molecule has 0 unspecified atom stereocenters. The maximum absolute atomic E-state index is 6.25. The Morgan fingerprint density at radius 1 is 1.22 bits per heavy atom. The SMILES string of the molecule is CCCCCN(C)c1ccc2cnccc2c1N. The van der Waals surface area contributed by atoms with Crippen LogP contribution in [0.25, 0.3) is 10.8 Å². The van der Waals surface area contributed by atoms with E-state index >= 15 is 0 Å². The van der Waals surface area contributed by atoms with Crippen molar-refractivity contribution in [3.8, 4) is 0 Å². The van der Waals surface area contributed by atoms with Gasteiger partial charge in [0, 0.05) is 36.8 Å². The smallest absolute Gasteiger partial charge is 0.0632 e. The number of nitrogens with two attached hydrogens (primary N) is 1. The van der Waals surface area contributed by atoms with Crippen LogP contribution >= 0.6 is 0 Å². The summed E-state index contributed by atoms with van der Waals surface area (Å²) < 4.78 is 0. The molecule has 2 N–H and O–H groups in total. The summed E-state index contributed by atoms with van der Waals surface area (Å²) in [6.07, 6.45) is 7.36. The van der Waals surface area contributed by atoms with Crippen LogP contribution in [0.3, 0.4) is 0 Å². The van der Waals surface area contributed by atoms with E-state index in [1.807, 2.05) is 12.3 Å². The van der Waals surface area contributed by atoms with Gasteiger partial charge in [-0.15, -0.1) is 0 Å². The molecule has 0 fully saturated rings. The zero-order valence-corrected chi connectivity index (χ0v) is 11.2. The van der Waals surface area contributed by atoms with Gasteiger partial charge in [0.1, 0.15) is 0 Å². The van der Waals surface area contributed by atoms with Crippen LogP contribution in [0.15, 0.2) is 30.6 Å². The number of benzene rings is 1. The Hall–Kier alpha value is -1.77. The number of hydrogen-bond acceptors (Lipinski definition) is 3. The molecule has 2 aromatic rings. The number of hydrogen-bond donors (Lipinski definition) is 1. The normalized spacial score (nSPS) is 10.8. The molecule has 1 aromatic heterocycles. The lowest BCUT2D eigenvalue weighted by atomic mass is 10.1. The number of unbranched alkanes of at least 4 members (excludes halogenated alkanes) is 2. The highest BCUT2D eigenvalue weighted by Crippen LogP contribution is 2.30. The minimum atomic E-state index is 0.855. The molecule has 3 nitrogen and oxygen atoms in total. The second kappa shape index (κ2) is 5.71. The van der Waals surface area contributed by atoms with Crippen LogP contribution in [-0.2, 0) is 0 Å². The zero-order valence-electron chi connectivity index (χ0n) is 11.2. The first-order valence-electron chi connectivity index (χ1n) is 6.57. The fourth-order valence-electron chi connectivity index (χ4n) is 2.23. The van der Waals surface area contributed by atoms with E-state index in [4.69, 9.17) is 5.73 Å². The van der Waals surface area contributed by atoms with Crippen LogP contribution < -0.4 is 10.6 Å². The predicted molar refractivity (Wildman–Crippen MR) is 79.0 cm³/mol. The second-order valence-electron chi connectivity index (χ2n) is 4.72. The Balaban J connectivity index is 2.25. The van der Waals surface area contributed by atoms with Crippen LogP contribution in [0, 0.1) is 0 Å². The largest absolute Gasteiger partial charge is 0.397 e. The number of anilines is 2. The Morgan fingerprint density at radius 2 is 2.06 bits per heavy atom. The molecule has 1 heterocycles. The molecule has 0 amide bonds. The molecule has 0 aliphatic carbocycles. The van der Waals surface area contributed by atoms with Gasteiger partial charge in [-0.1, -0.05) is 25.8 Å². The lowest BCUT2D eigenvalue weighted by molar-refractivity contribution is 0.705. The van der Waals surface area contributed by atoms with E-state index in [1.165, 1.54) is 19.3 Å².